The minimum Gasteiger partial charge on any atom is -0.458 e. The molecule has 0 fully saturated rings. The van der Waals surface area contributed by atoms with Crippen LogP contribution in [0.2, 0.25) is 19.6 Å². The Balaban J connectivity index is 1.70. The van der Waals surface area contributed by atoms with Crippen LogP contribution in [0.5, 0.6) is 0 Å². The Hall–Kier alpha value is -3.57. The molecule has 3 aromatic rings. The van der Waals surface area contributed by atoms with Gasteiger partial charge in [-0.05, 0) is 41.8 Å². The van der Waals surface area contributed by atoms with Crippen molar-refractivity contribution in [2.45, 2.75) is 71.5 Å². The minimum atomic E-state index is -2.28. The third kappa shape index (κ3) is 4.24. The molecule has 2 aromatic heterocycles. The fourth-order valence-electron chi connectivity index (χ4n) is 5.51. The highest BCUT2D eigenvalue weighted by Crippen LogP contribution is 2.39. The van der Waals surface area contributed by atoms with Gasteiger partial charge in [-0.2, -0.15) is 0 Å². The molecule has 9 nitrogen and oxygen atoms in total. The van der Waals surface area contributed by atoms with Gasteiger partial charge < -0.3 is 19.1 Å². The lowest BCUT2D eigenvalue weighted by Gasteiger charge is -2.31. The molecule has 0 aliphatic carbocycles. The molecule has 0 radical (unpaired) electrons. The first-order valence-corrected chi connectivity index (χ1v) is 16.7. The van der Waals surface area contributed by atoms with E-state index in [2.05, 4.69) is 25.0 Å². The normalized spacial score (nSPS) is 17.9. The van der Waals surface area contributed by atoms with Gasteiger partial charge in [0.05, 0.1) is 49.4 Å². The van der Waals surface area contributed by atoms with E-state index in [0.29, 0.717) is 28.7 Å². The monoisotopic (exact) mass is 553 g/mol. The number of aliphatic hydroxyl groups is 1. The number of aromatic nitrogens is 2. The first-order chi connectivity index (χ1) is 18.4. The van der Waals surface area contributed by atoms with E-state index in [1.807, 2.05) is 6.92 Å². The summed E-state index contributed by atoms with van der Waals surface area (Å²) in [7, 11) is -2.28. The number of pyridine rings is 2. The number of hydrogen-bond acceptors (Lipinski definition) is 7. The molecule has 5 rings (SSSR count). The van der Waals surface area contributed by atoms with Crippen molar-refractivity contribution in [3.63, 3.8) is 0 Å². The smallest absolute Gasteiger partial charge is 0.411 e. The van der Waals surface area contributed by atoms with E-state index in [4.69, 9.17) is 14.5 Å². The van der Waals surface area contributed by atoms with Crippen molar-refractivity contribution in [3.8, 4) is 11.4 Å². The Morgan fingerprint density at radius 3 is 2.67 bits per heavy atom. The lowest BCUT2D eigenvalue weighted by molar-refractivity contribution is -0.172. The molecular weight excluding hydrogens is 521 g/mol. The third-order valence-corrected chi connectivity index (χ3v) is 9.56. The Kier molecular flexibility index (Phi) is 6.62. The highest BCUT2D eigenvalue weighted by molar-refractivity contribution is 6.90. The summed E-state index contributed by atoms with van der Waals surface area (Å²) >= 11 is 0. The SMILES string of the molecule is CCCCOC(=O)Nc1ccc2nc3c(c([Si](C)(C)C)c2c1F)Cn1c-3cc2c(c1=O)COC(=O)[C@]2(O)CC. The van der Waals surface area contributed by atoms with E-state index in [-0.39, 0.29) is 48.6 Å². The average Bonchev–Trinajstić information content (AvgIpc) is 3.25. The van der Waals surface area contributed by atoms with Gasteiger partial charge in [0.2, 0.25) is 0 Å². The van der Waals surface area contributed by atoms with E-state index < -0.39 is 31.6 Å². The second-order valence-electron chi connectivity index (χ2n) is 11.1. The zero-order chi connectivity index (χ0) is 28.3. The molecule has 1 amide bonds. The van der Waals surface area contributed by atoms with Crippen molar-refractivity contribution in [2.24, 2.45) is 0 Å². The molecular formula is C28H32FN3O6Si. The molecule has 2 aliphatic rings. The lowest BCUT2D eigenvalue weighted by Crippen LogP contribution is -2.44. The Labute approximate surface area is 226 Å². The number of unbranched alkanes of at least 4 members (excludes halogenated alkanes) is 1. The number of amides is 1. The zero-order valence-electron chi connectivity index (χ0n) is 22.7. The van der Waals surface area contributed by atoms with Crippen LogP contribution in [0.15, 0.2) is 23.0 Å². The number of ether oxygens (including phenoxy) is 2. The number of carbonyl (C=O) groups is 2. The molecule has 0 unspecified atom stereocenters. The summed E-state index contributed by atoms with van der Waals surface area (Å²) in [6.45, 7) is 10.1. The molecule has 2 aliphatic heterocycles. The maximum Gasteiger partial charge on any atom is 0.411 e. The number of rotatable bonds is 6. The van der Waals surface area contributed by atoms with E-state index in [1.165, 1.54) is 6.07 Å². The van der Waals surface area contributed by atoms with Crippen LogP contribution >= 0.6 is 0 Å². The maximum atomic E-state index is 16.1. The number of nitrogens with one attached hydrogen (secondary N) is 1. The lowest BCUT2D eigenvalue weighted by atomic mass is 9.86. The van der Waals surface area contributed by atoms with Crippen LogP contribution in [0.4, 0.5) is 14.9 Å². The van der Waals surface area contributed by atoms with Crippen LogP contribution < -0.4 is 16.1 Å². The van der Waals surface area contributed by atoms with Crippen LogP contribution in [0.1, 0.15) is 49.8 Å². The molecule has 11 heteroatoms. The van der Waals surface area contributed by atoms with Gasteiger partial charge in [-0.25, -0.2) is 19.0 Å². The summed E-state index contributed by atoms with van der Waals surface area (Å²) in [6.07, 6.45) is 0.892. The van der Waals surface area contributed by atoms with Gasteiger partial charge in [-0.3, -0.25) is 10.1 Å². The van der Waals surface area contributed by atoms with Crippen molar-refractivity contribution in [3.05, 3.63) is 51.1 Å². The van der Waals surface area contributed by atoms with Crippen LogP contribution in [0.25, 0.3) is 22.3 Å². The number of benzene rings is 1. The standard InChI is InChI=1S/C28H32FN3O6Si/c1-6-8-11-37-27(35)31-19-10-9-18-21(22(19)29)24(39(3,4)5)15-13-32-20(23(15)30-18)12-17-16(25(32)33)14-38-26(34)28(17,36)7-2/h9-10,12,36H,6-8,11,13-14H2,1-5H3,(H,31,35)/t28-/m0/s1. The van der Waals surface area contributed by atoms with E-state index >= 15 is 4.39 Å². The molecule has 2 N–H and O–H groups in total. The predicted octanol–water partition coefficient (Wildman–Crippen LogP) is 4.11. The summed E-state index contributed by atoms with van der Waals surface area (Å²) in [4.78, 5) is 43.1. The number of nitrogens with zero attached hydrogens (tertiary/aromatic N) is 2. The topological polar surface area (TPSA) is 120 Å². The molecule has 4 heterocycles. The van der Waals surface area contributed by atoms with Crippen LogP contribution in [-0.4, -0.2) is 41.4 Å². The Bertz CT molecular complexity index is 1600. The number of anilines is 1. The summed E-state index contributed by atoms with van der Waals surface area (Å²) in [6, 6.07) is 4.74. The van der Waals surface area contributed by atoms with Crippen LogP contribution in [0.3, 0.4) is 0 Å². The number of halogens is 1. The second kappa shape index (κ2) is 9.56. The molecule has 39 heavy (non-hydrogen) atoms. The molecule has 0 saturated carbocycles. The molecule has 0 bridgehead atoms. The number of cyclic esters (lactones) is 1. The summed E-state index contributed by atoms with van der Waals surface area (Å²) in [5, 5.41) is 14.8. The largest absolute Gasteiger partial charge is 0.458 e. The average molecular weight is 554 g/mol. The molecule has 1 atom stereocenters. The number of carbonyl (C=O) groups excluding carboxylic acids is 2. The van der Waals surface area contributed by atoms with Crippen molar-refractivity contribution in [1.82, 2.24) is 9.55 Å². The van der Waals surface area contributed by atoms with E-state index in [0.717, 1.165) is 17.2 Å². The van der Waals surface area contributed by atoms with Gasteiger partial charge in [-0.1, -0.05) is 39.9 Å². The van der Waals surface area contributed by atoms with Crippen molar-refractivity contribution < 1.29 is 28.6 Å². The fourth-order valence-corrected chi connectivity index (χ4v) is 7.60. The van der Waals surface area contributed by atoms with Crippen molar-refractivity contribution in [2.75, 3.05) is 11.9 Å². The number of esters is 1. The fraction of sp³-hybridized carbons (Fsp3) is 0.429. The molecule has 0 spiro atoms. The first kappa shape index (κ1) is 27.0. The highest BCUT2D eigenvalue weighted by Gasteiger charge is 2.46. The third-order valence-electron chi connectivity index (χ3n) is 7.51. The van der Waals surface area contributed by atoms with Gasteiger partial charge in [0.1, 0.15) is 6.61 Å². The quantitative estimate of drug-likeness (QED) is 0.209. The maximum absolute atomic E-state index is 16.1. The number of fused-ring (bicyclic) bond motifs is 5. The van der Waals surface area contributed by atoms with E-state index in [1.54, 1.807) is 23.6 Å². The van der Waals surface area contributed by atoms with Gasteiger partial charge in [0.25, 0.3) is 5.56 Å². The van der Waals surface area contributed by atoms with Crippen molar-refractivity contribution in [1.29, 1.82) is 0 Å². The van der Waals surface area contributed by atoms with E-state index in [9.17, 15) is 19.5 Å². The van der Waals surface area contributed by atoms with Gasteiger partial charge in [0, 0.05) is 10.9 Å². The summed E-state index contributed by atoms with van der Waals surface area (Å²) in [5.41, 5.74) is 0.271. The molecule has 0 saturated heterocycles. The zero-order valence-corrected chi connectivity index (χ0v) is 23.7. The van der Waals surface area contributed by atoms with Gasteiger partial charge in [-0.15, -0.1) is 0 Å². The number of hydrogen-bond donors (Lipinski definition) is 2. The summed E-state index contributed by atoms with van der Waals surface area (Å²) < 4.78 is 27.9. The Morgan fingerprint density at radius 2 is 2.00 bits per heavy atom. The molecule has 1 aromatic carbocycles. The highest BCUT2D eigenvalue weighted by atomic mass is 28.3. The van der Waals surface area contributed by atoms with Crippen LogP contribution in [-0.2, 0) is 33.0 Å². The van der Waals surface area contributed by atoms with Gasteiger partial charge in [0.15, 0.2) is 11.4 Å². The van der Waals surface area contributed by atoms with Crippen LogP contribution in [0, 0.1) is 5.82 Å². The summed E-state index contributed by atoms with van der Waals surface area (Å²) in [5.74, 6) is -1.39. The van der Waals surface area contributed by atoms with Gasteiger partial charge >= 0.3 is 12.1 Å². The Morgan fingerprint density at radius 1 is 1.26 bits per heavy atom. The minimum absolute atomic E-state index is 0.00272. The second-order valence-corrected chi connectivity index (χ2v) is 16.1. The molecule has 206 valence electrons. The van der Waals surface area contributed by atoms with Crippen molar-refractivity contribution >= 4 is 41.9 Å². The predicted molar refractivity (Wildman–Crippen MR) is 147 cm³/mol. The first-order valence-electron chi connectivity index (χ1n) is 13.2.